The third-order valence-electron chi connectivity index (χ3n) is 2.97. The van der Waals surface area contributed by atoms with Gasteiger partial charge in [-0.25, -0.2) is 19.2 Å². The first-order valence-corrected chi connectivity index (χ1v) is 6.04. The molecule has 0 amide bonds. The molecule has 0 unspecified atom stereocenters. The molecule has 2 aliphatic rings. The zero-order valence-electron chi connectivity index (χ0n) is 16.9. The molecule has 0 aliphatic carbocycles. The molecule has 0 saturated carbocycles. The van der Waals surface area contributed by atoms with Crippen LogP contribution in [0.2, 0.25) is 0 Å². The lowest BCUT2D eigenvalue weighted by molar-refractivity contribution is 0.0425. The molecule has 0 radical (unpaired) electrons. The monoisotopic (exact) mass is 316 g/mol. The molecule has 0 aromatic heterocycles. The Morgan fingerprint density at radius 3 is 1.48 bits per heavy atom. The molecule has 0 N–H and O–H groups in total. The van der Waals surface area contributed by atoms with E-state index in [1.807, 2.05) is 0 Å². The number of cyclic esters (lactones) is 4. The number of hydrogen-bond donors (Lipinski definition) is 0. The zero-order valence-corrected chi connectivity index (χ0v) is 10.9. The van der Waals surface area contributed by atoms with Crippen molar-refractivity contribution >= 4 is 23.9 Å². The number of esters is 4. The van der Waals surface area contributed by atoms with Gasteiger partial charge in [0.2, 0.25) is 0 Å². The quantitative estimate of drug-likeness (QED) is 0.618. The molecule has 0 spiro atoms. The fourth-order valence-corrected chi connectivity index (χ4v) is 1.97. The van der Waals surface area contributed by atoms with E-state index in [1.54, 1.807) is 0 Å². The molecule has 0 saturated heterocycles. The van der Waals surface area contributed by atoms with Gasteiger partial charge in [0.25, 0.3) is 0 Å². The Balaban J connectivity index is 1.96. The van der Waals surface area contributed by atoms with Gasteiger partial charge in [-0.2, -0.15) is 0 Å². The van der Waals surface area contributed by atoms with Crippen molar-refractivity contribution in [2.24, 2.45) is 0 Å². The summed E-state index contributed by atoms with van der Waals surface area (Å²) in [5.74, 6) is -6.38. The highest BCUT2D eigenvalue weighted by atomic mass is 16.6. The minimum Gasteiger partial charge on any atom is -0.457 e. The molecule has 2 heterocycles. The predicted octanol–water partition coefficient (Wildman–Crippen LogP) is 2.10. The van der Waals surface area contributed by atoms with E-state index in [-0.39, 0.29) is 0 Å². The largest absolute Gasteiger partial charge is 0.457 e. The third-order valence-corrected chi connectivity index (χ3v) is 2.97. The van der Waals surface area contributed by atoms with Gasteiger partial charge in [-0.3, -0.25) is 0 Å². The second-order valence-corrected chi connectivity index (χ2v) is 4.36. The summed E-state index contributed by atoms with van der Waals surface area (Å²) in [4.78, 5) is 47.0. The lowest BCUT2D eigenvalue weighted by atomic mass is 10.1. The maximum Gasteiger partial charge on any atom is 0.347 e. The highest BCUT2D eigenvalue weighted by Gasteiger charge is 2.31. The van der Waals surface area contributed by atoms with Crippen LogP contribution in [-0.4, -0.2) is 23.9 Å². The minimum atomic E-state index is -1.23. The smallest absolute Gasteiger partial charge is 0.347 e. The molecule has 2 aliphatic heterocycles. The van der Waals surface area contributed by atoms with Gasteiger partial charge in [0, 0.05) is 0 Å². The van der Waals surface area contributed by atoms with Crippen molar-refractivity contribution in [3.63, 3.8) is 0 Å². The van der Waals surface area contributed by atoms with Crippen LogP contribution in [0, 0.1) is 0 Å². The maximum absolute atomic E-state index is 11.8. The summed E-state index contributed by atoms with van der Waals surface area (Å²) < 4.78 is 61.7. The molecule has 2 aromatic rings. The summed E-state index contributed by atoms with van der Waals surface area (Å²) >= 11 is 0. The van der Waals surface area contributed by atoms with Crippen molar-refractivity contribution in [1.82, 2.24) is 0 Å². The van der Waals surface area contributed by atoms with Crippen molar-refractivity contribution < 1.29 is 41.6 Å². The van der Waals surface area contributed by atoms with Gasteiger partial charge in [0.05, 0.1) is 30.5 Å². The molecular weight excluding hydrogens is 304 g/mol. The molecule has 7 nitrogen and oxygen atoms in total. The van der Waals surface area contributed by atoms with E-state index in [2.05, 4.69) is 9.47 Å². The van der Waals surface area contributed by atoms with Crippen LogP contribution in [-0.2, 0) is 9.47 Å². The topological polar surface area (TPSA) is 96.0 Å². The Morgan fingerprint density at radius 1 is 0.652 bits per heavy atom. The van der Waals surface area contributed by atoms with Crippen molar-refractivity contribution in [1.29, 1.82) is 0 Å². The lowest BCUT2D eigenvalue weighted by Gasteiger charge is -2.06. The molecule has 112 valence electrons. The molecule has 0 atom stereocenters. The van der Waals surface area contributed by atoms with Crippen LogP contribution in [0.1, 0.15) is 49.7 Å². The average Bonchev–Trinajstić information content (AvgIpc) is 3.12. The van der Waals surface area contributed by atoms with Crippen LogP contribution in [0.25, 0.3) is 0 Å². The van der Waals surface area contributed by atoms with Crippen LogP contribution in [0.15, 0.2) is 36.3 Å². The number of hydrogen-bond acceptors (Lipinski definition) is 7. The van der Waals surface area contributed by atoms with Crippen molar-refractivity contribution in [2.45, 2.75) is 0 Å². The van der Waals surface area contributed by atoms with E-state index < -0.39 is 93.9 Å². The van der Waals surface area contributed by atoms with E-state index >= 15 is 0 Å². The van der Waals surface area contributed by atoms with Gasteiger partial charge in [-0.15, -0.1) is 0 Å². The first kappa shape index (κ1) is 8.23. The fourth-order valence-electron chi connectivity index (χ4n) is 1.97. The van der Waals surface area contributed by atoms with Gasteiger partial charge in [0.15, 0.2) is 0 Å². The minimum absolute atomic E-state index is 0.584. The zero-order chi connectivity index (χ0) is 21.4. The second kappa shape index (κ2) is 4.51. The van der Waals surface area contributed by atoms with Crippen molar-refractivity contribution in [3.8, 4) is 11.5 Å². The van der Waals surface area contributed by atoms with Crippen LogP contribution in [0.3, 0.4) is 0 Å². The fraction of sp³-hybridized carbons (Fsp3) is 0. The van der Waals surface area contributed by atoms with E-state index in [0.29, 0.717) is 0 Å². The molecular formula is C16H6O7. The number of benzene rings is 2. The number of rotatable bonds is 2. The number of ether oxygens (including phenoxy) is 3. The highest BCUT2D eigenvalue weighted by Crippen LogP contribution is 2.30. The second-order valence-electron chi connectivity index (χ2n) is 4.36. The van der Waals surface area contributed by atoms with Gasteiger partial charge < -0.3 is 14.2 Å². The van der Waals surface area contributed by atoms with Gasteiger partial charge in [0.1, 0.15) is 11.5 Å². The summed E-state index contributed by atoms with van der Waals surface area (Å²) in [6.07, 6.45) is 0. The Labute approximate surface area is 136 Å². The van der Waals surface area contributed by atoms with Crippen molar-refractivity contribution in [3.05, 3.63) is 58.5 Å². The molecule has 0 bridgehead atoms. The van der Waals surface area contributed by atoms with E-state index in [9.17, 15) is 19.2 Å². The summed E-state index contributed by atoms with van der Waals surface area (Å²) in [5, 5.41) is 0. The summed E-state index contributed by atoms with van der Waals surface area (Å²) in [6.45, 7) is 0. The molecule has 7 heteroatoms. The molecule has 23 heavy (non-hydrogen) atoms. The first-order chi connectivity index (χ1) is 13.6. The summed E-state index contributed by atoms with van der Waals surface area (Å²) in [6, 6.07) is -4.79. The predicted molar refractivity (Wildman–Crippen MR) is 72.5 cm³/mol. The molecule has 4 rings (SSSR count). The highest BCUT2D eigenvalue weighted by molar-refractivity contribution is 6.15. The Bertz CT molecular complexity index is 1130. The van der Waals surface area contributed by atoms with Crippen LogP contribution in [0.4, 0.5) is 0 Å². The van der Waals surface area contributed by atoms with Gasteiger partial charge in [-0.05, 0) is 36.3 Å². The van der Waals surface area contributed by atoms with Crippen LogP contribution in [0.5, 0.6) is 11.5 Å². The van der Waals surface area contributed by atoms with Gasteiger partial charge >= 0.3 is 23.9 Å². The Hall–Kier alpha value is -3.48. The van der Waals surface area contributed by atoms with Crippen LogP contribution < -0.4 is 4.74 Å². The van der Waals surface area contributed by atoms with Gasteiger partial charge in [-0.1, -0.05) is 0 Å². The van der Waals surface area contributed by atoms with E-state index in [4.69, 9.17) is 13.0 Å². The number of fused-ring (bicyclic) bond motifs is 2. The Kier molecular flexibility index (Phi) is 1.61. The Morgan fingerprint density at radius 2 is 1.04 bits per heavy atom. The third kappa shape index (κ3) is 1.98. The number of carbonyl (C=O) groups is 4. The standard InChI is InChI=1S/C16H6O7/c17-13-9-3-1-7(5-11(9)15(19)22-13)21-8-2-4-10-12(6-8)16(20)23-14(10)18/h1-6H/i1D,2D,3D,4D,5D,6D. The summed E-state index contributed by atoms with van der Waals surface area (Å²) in [7, 11) is 0. The average molecular weight is 316 g/mol. The molecule has 0 fully saturated rings. The van der Waals surface area contributed by atoms with E-state index in [0.717, 1.165) is 0 Å². The first-order valence-electron chi connectivity index (χ1n) is 9.04. The van der Waals surface area contributed by atoms with Crippen LogP contribution >= 0.6 is 0 Å². The molecule has 2 aromatic carbocycles. The number of carbonyl (C=O) groups excluding carboxylic acids is 4. The van der Waals surface area contributed by atoms with Crippen molar-refractivity contribution in [2.75, 3.05) is 0 Å². The maximum atomic E-state index is 11.8. The lowest BCUT2D eigenvalue weighted by Crippen LogP contribution is -1.97. The van der Waals surface area contributed by atoms with E-state index in [1.165, 1.54) is 0 Å². The SMILES string of the molecule is [2H]c1c([2H])c2c(c([2H])c1Oc1c([2H])c([2H])c3c(c1[2H])C(=O)OC3=O)C(=O)OC2=O. The normalized spacial score (nSPS) is 18.8. The summed E-state index contributed by atoms with van der Waals surface area (Å²) in [5.41, 5.74) is -2.41.